The number of piperazine rings is 1. The molecule has 0 radical (unpaired) electrons. The summed E-state index contributed by atoms with van der Waals surface area (Å²) in [7, 11) is 0. The van der Waals surface area contributed by atoms with Gasteiger partial charge in [-0.25, -0.2) is 23.8 Å². The van der Waals surface area contributed by atoms with Crippen molar-refractivity contribution < 1.29 is 9.18 Å². The molecule has 2 aromatic rings. The lowest BCUT2D eigenvalue weighted by atomic mass is 10.1. The molecule has 3 heterocycles. The largest absolute Gasteiger partial charge is 0.351 e. The van der Waals surface area contributed by atoms with Gasteiger partial charge in [0.15, 0.2) is 11.6 Å². The van der Waals surface area contributed by atoms with E-state index in [9.17, 15) is 9.18 Å². The van der Waals surface area contributed by atoms with Gasteiger partial charge >= 0.3 is 6.03 Å². The topological polar surface area (TPSA) is 79.2 Å². The average Bonchev–Trinajstić information content (AvgIpc) is 3.09. The Labute approximate surface area is 152 Å². The molecule has 1 N–H and O–H groups in total. The molecule has 1 saturated heterocycles. The van der Waals surface area contributed by atoms with E-state index in [1.807, 2.05) is 25.7 Å². The summed E-state index contributed by atoms with van der Waals surface area (Å²) in [4.78, 5) is 24.3. The van der Waals surface area contributed by atoms with Crippen molar-refractivity contribution in [2.75, 3.05) is 31.1 Å². The number of anilines is 1. The first-order valence-electron chi connectivity index (χ1n) is 8.64. The molecular weight excluding hydrogens is 337 g/mol. The summed E-state index contributed by atoms with van der Waals surface area (Å²) in [6.07, 6.45) is 3.07. The van der Waals surface area contributed by atoms with Crippen LogP contribution in [-0.2, 0) is 12.1 Å². The maximum atomic E-state index is 13.8. The maximum absolute atomic E-state index is 13.8. The molecule has 2 amide bonds. The Hall–Kier alpha value is -2.71. The molecule has 26 heavy (non-hydrogen) atoms. The van der Waals surface area contributed by atoms with Gasteiger partial charge in [0, 0.05) is 32.4 Å². The molecule has 8 nitrogen and oxygen atoms in total. The first kappa shape index (κ1) is 18.1. The third-order valence-corrected chi connectivity index (χ3v) is 4.26. The highest BCUT2D eigenvalue weighted by Crippen LogP contribution is 2.17. The van der Waals surface area contributed by atoms with E-state index >= 15 is 0 Å². The van der Waals surface area contributed by atoms with Crippen LogP contribution in [0.4, 0.5) is 15.0 Å². The zero-order valence-corrected chi connectivity index (χ0v) is 15.3. The highest BCUT2D eigenvalue weighted by molar-refractivity contribution is 5.74. The van der Waals surface area contributed by atoms with Crippen molar-refractivity contribution in [1.29, 1.82) is 0 Å². The minimum Gasteiger partial charge on any atom is -0.351 e. The molecule has 0 spiro atoms. The Kier molecular flexibility index (Phi) is 5.06. The number of hydrogen-bond donors (Lipinski definition) is 1. The molecular formula is C17H24FN7O. The average molecular weight is 361 g/mol. The van der Waals surface area contributed by atoms with Gasteiger partial charge in [0.05, 0.1) is 12.1 Å². The Bertz CT molecular complexity index is 762. The molecule has 1 aliphatic heterocycles. The number of carbonyl (C=O) groups excluding carboxylic acids is 1. The van der Waals surface area contributed by atoms with Gasteiger partial charge < -0.3 is 15.1 Å². The predicted molar refractivity (Wildman–Crippen MR) is 95.2 cm³/mol. The van der Waals surface area contributed by atoms with Crippen molar-refractivity contribution in [2.45, 2.75) is 32.9 Å². The van der Waals surface area contributed by atoms with Crippen molar-refractivity contribution in [3.63, 3.8) is 0 Å². The number of nitrogens with zero attached hydrogens (tertiary/aromatic N) is 6. The molecule has 1 fully saturated rings. The van der Waals surface area contributed by atoms with E-state index < -0.39 is 0 Å². The van der Waals surface area contributed by atoms with Crippen molar-refractivity contribution in [3.8, 4) is 0 Å². The highest BCUT2D eigenvalue weighted by atomic mass is 19.1. The minimum absolute atomic E-state index is 0.158. The Balaban J connectivity index is 1.53. The first-order valence-corrected chi connectivity index (χ1v) is 8.64. The summed E-state index contributed by atoms with van der Waals surface area (Å²) in [5.41, 5.74) is -0.199. The van der Waals surface area contributed by atoms with Crippen LogP contribution >= 0.6 is 0 Å². The zero-order chi connectivity index (χ0) is 18.7. The van der Waals surface area contributed by atoms with Crippen LogP contribution in [0.3, 0.4) is 0 Å². The molecule has 0 atom stereocenters. The molecule has 2 aromatic heterocycles. The Morgan fingerprint density at radius 3 is 2.62 bits per heavy atom. The molecule has 0 aromatic carbocycles. The summed E-state index contributed by atoms with van der Waals surface area (Å²) in [5.74, 6) is 0.706. The number of hydrogen-bond acceptors (Lipinski definition) is 5. The lowest BCUT2D eigenvalue weighted by molar-refractivity contribution is 0.192. The number of amides is 2. The van der Waals surface area contributed by atoms with Crippen molar-refractivity contribution in [2.24, 2.45) is 0 Å². The smallest absolute Gasteiger partial charge is 0.317 e. The Morgan fingerprint density at radius 2 is 1.96 bits per heavy atom. The number of urea groups is 1. The summed E-state index contributed by atoms with van der Waals surface area (Å²) in [6, 6.07) is 2.81. The summed E-state index contributed by atoms with van der Waals surface area (Å²) >= 11 is 0. The zero-order valence-electron chi connectivity index (χ0n) is 15.3. The summed E-state index contributed by atoms with van der Waals surface area (Å²) in [6.45, 7) is 8.50. The van der Waals surface area contributed by atoms with Crippen LogP contribution in [0.1, 0.15) is 26.6 Å². The normalized spacial score (nSPS) is 15.2. The van der Waals surface area contributed by atoms with E-state index in [0.717, 1.165) is 0 Å². The molecule has 0 saturated carbocycles. The van der Waals surface area contributed by atoms with Gasteiger partial charge in [-0.2, -0.15) is 5.10 Å². The highest BCUT2D eigenvalue weighted by Gasteiger charge is 2.24. The second-order valence-electron chi connectivity index (χ2n) is 7.20. The fourth-order valence-corrected chi connectivity index (χ4v) is 2.94. The number of carbonyl (C=O) groups is 1. The molecule has 0 bridgehead atoms. The van der Waals surface area contributed by atoms with Crippen LogP contribution in [0.25, 0.3) is 0 Å². The molecule has 1 aliphatic rings. The van der Waals surface area contributed by atoms with E-state index in [-0.39, 0.29) is 17.4 Å². The number of nitrogens with one attached hydrogen (secondary N) is 1. The van der Waals surface area contributed by atoms with Crippen molar-refractivity contribution >= 4 is 11.8 Å². The van der Waals surface area contributed by atoms with Gasteiger partial charge in [-0.1, -0.05) is 0 Å². The SMILES string of the molecule is CC(C)(C)n1ncnc1CNC(=O)N1CCN(c2ncccc2F)CC1. The number of rotatable bonds is 3. The van der Waals surface area contributed by atoms with Crippen molar-refractivity contribution in [3.05, 3.63) is 36.3 Å². The summed E-state index contributed by atoms with van der Waals surface area (Å²) < 4.78 is 15.6. The predicted octanol–water partition coefficient (Wildman–Crippen LogP) is 1.60. The standard InChI is InChI=1S/C17H24FN7O/c1-17(2,3)25-14(21-12-22-25)11-20-16(26)24-9-7-23(8-10-24)15-13(18)5-4-6-19-15/h4-6,12H,7-11H2,1-3H3,(H,20,26). The van der Waals surface area contributed by atoms with E-state index in [2.05, 4.69) is 20.4 Å². The lowest BCUT2D eigenvalue weighted by Crippen LogP contribution is -2.52. The van der Waals surface area contributed by atoms with Crippen LogP contribution in [0.2, 0.25) is 0 Å². The van der Waals surface area contributed by atoms with Gasteiger partial charge in [0.1, 0.15) is 12.2 Å². The van der Waals surface area contributed by atoms with Crippen LogP contribution in [0, 0.1) is 5.82 Å². The lowest BCUT2D eigenvalue weighted by Gasteiger charge is -2.35. The van der Waals surface area contributed by atoms with Crippen LogP contribution in [-0.4, -0.2) is 56.9 Å². The second kappa shape index (κ2) is 7.27. The van der Waals surface area contributed by atoms with Crippen LogP contribution in [0.15, 0.2) is 24.7 Å². The quantitative estimate of drug-likeness (QED) is 0.898. The van der Waals surface area contributed by atoms with Crippen LogP contribution < -0.4 is 10.2 Å². The van der Waals surface area contributed by atoms with Gasteiger partial charge in [0.2, 0.25) is 0 Å². The van der Waals surface area contributed by atoms with Gasteiger partial charge in [-0.15, -0.1) is 0 Å². The van der Waals surface area contributed by atoms with E-state index in [1.54, 1.807) is 21.8 Å². The van der Waals surface area contributed by atoms with E-state index in [1.165, 1.54) is 12.4 Å². The number of halogens is 1. The molecule has 3 rings (SSSR count). The van der Waals surface area contributed by atoms with Crippen LogP contribution in [0.5, 0.6) is 0 Å². The third kappa shape index (κ3) is 3.92. The van der Waals surface area contributed by atoms with E-state index in [0.29, 0.717) is 44.4 Å². The molecule has 0 unspecified atom stereocenters. The Morgan fingerprint density at radius 1 is 1.23 bits per heavy atom. The third-order valence-electron chi connectivity index (χ3n) is 4.26. The van der Waals surface area contributed by atoms with Crippen molar-refractivity contribution in [1.82, 2.24) is 30.0 Å². The summed E-state index contributed by atoms with van der Waals surface area (Å²) in [5, 5.41) is 7.11. The fraction of sp³-hybridized carbons (Fsp3) is 0.529. The molecule has 140 valence electrons. The van der Waals surface area contributed by atoms with E-state index in [4.69, 9.17) is 0 Å². The number of pyridine rings is 1. The van der Waals surface area contributed by atoms with Gasteiger partial charge in [-0.05, 0) is 32.9 Å². The van der Waals surface area contributed by atoms with Gasteiger partial charge in [0.25, 0.3) is 0 Å². The number of aromatic nitrogens is 4. The fourth-order valence-electron chi connectivity index (χ4n) is 2.94. The minimum atomic E-state index is -0.341. The maximum Gasteiger partial charge on any atom is 0.317 e. The molecule has 0 aliphatic carbocycles. The second-order valence-corrected chi connectivity index (χ2v) is 7.20. The monoisotopic (exact) mass is 361 g/mol. The molecule has 9 heteroatoms. The first-order chi connectivity index (χ1) is 12.4. The van der Waals surface area contributed by atoms with Gasteiger partial charge in [-0.3, -0.25) is 0 Å².